The maximum atomic E-state index is 10.2. The molecular formula is C17H29BrClNO2. The first-order valence-electron chi connectivity index (χ1n) is 7.95. The van der Waals surface area contributed by atoms with Crippen molar-refractivity contribution < 1.29 is 9.84 Å². The second-order valence-electron chi connectivity index (χ2n) is 5.40. The van der Waals surface area contributed by atoms with E-state index in [1.54, 1.807) is 0 Å². The number of nitrogens with zero attached hydrogens (tertiary/aromatic N) is 1. The number of para-hydroxylation sites is 1. The van der Waals surface area contributed by atoms with Crippen LogP contribution < -0.4 is 4.74 Å². The summed E-state index contributed by atoms with van der Waals surface area (Å²) in [5.74, 6) is 0.783. The summed E-state index contributed by atoms with van der Waals surface area (Å²) in [6.45, 7) is 7.53. The van der Waals surface area contributed by atoms with Crippen molar-refractivity contribution in [2.24, 2.45) is 0 Å². The highest BCUT2D eigenvalue weighted by Crippen LogP contribution is 2.23. The van der Waals surface area contributed by atoms with Gasteiger partial charge in [-0.2, -0.15) is 0 Å². The van der Waals surface area contributed by atoms with Crippen LogP contribution in [-0.2, 0) is 0 Å². The third-order valence-electron chi connectivity index (χ3n) is 3.39. The zero-order chi connectivity index (χ0) is 15.5. The van der Waals surface area contributed by atoms with Crippen molar-refractivity contribution in [3.05, 3.63) is 28.7 Å². The average molecular weight is 395 g/mol. The Bertz CT molecular complexity index is 385. The Labute approximate surface area is 149 Å². The van der Waals surface area contributed by atoms with Crippen molar-refractivity contribution in [2.75, 3.05) is 26.2 Å². The lowest BCUT2D eigenvalue weighted by atomic mass is 10.2. The van der Waals surface area contributed by atoms with E-state index in [2.05, 4.69) is 34.7 Å². The van der Waals surface area contributed by atoms with E-state index in [-0.39, 0.29) is 12.4 Å². The number of aliphatic hydroxyl groups excluding tert-OH is 1. The van der Waals surface area contributed by atoms with Gasteiger partial charge in [0.25, 0.3) is 0 Å². The van der Waals surface area contributed by atoms with Gasteiger partial charge in [0.05, 0.1) is 4.47 Å². The van der Waals surface area contributed by atoms with Gasteiger partial charge in [-0.15, -0.1) is 12.4 Å². The van der Waals surface area contributed by atoms with Crippen LogP contribution in [0.15, 0.2) is 28.7 Å². The lowest BCUT2D eigenvalue weighted by Gasteiger charge is -2.25. The molecule has 128 valence electrons. The summed E-state index contributed by atoms with van der Waals surface area (Å²) < 4.78 is 6.61. The SMILES string of the molecule is CCCCN(CCCC)CC(O)COc1ccccc1Br.Cl. The number of benzene rings is 1. The van der Waals surface area contributed by atoms with Crippen LogP contribution in [0.5, 0.6) is 5.75 Å². The maximum Gasteiger partial charge on any atom is 0.133 e. The molecule has 0 saturated carbocycles. The van der Waals surface area contributed by atoms with Crippen molar-refractivity contribution >= 4 is 28.3 Å². The minimum Gasteiger partial charge on any atom is -0.490 e. The maximum absolute atomic E-state index is 10.2. The van der Waals surface area contributed by atoms with Crippen LogP contribution >= 0.6 is 28.3 Å². The molecule has 1 rings (SSSR count). The Morgan fingerprint density at radius 2 is 1.73 bits per heavy atom. The van der Waals surface area contributed by atoms with Gasteiger partial charge in [-0.25, -0.2) is 0 Å². The molecule has 0 aromatic heterocycles. The first kappa shape index (κ1) is 21.7. The molecule has 5 heteroatoms. The molecule has 0 fully saturated rings. The topological polar surface area (TPSA) is 32.7 Å². The van der Waals surface area contributed by atoms with E-state index in [4.69, 9.17) is 4.74 Å². The van der Waals surface area contributed by atoms with Crippen LogP contribution in [0.3, 0.4) is 0 Å². The summed E-state index contributed by atoms with van der Waals surface area (Å²) in [4.78, 5) is 2.35. The molecular weight excluding hydrogens is 366 g/mol. The Morgan fingerprint density at radius 3 is 2.27 bits per heavy atom. The summed E-state index contributed by atoms with van der Waals surface area (Å²) >= 11 is 3.45. The van der Waals surface area contributed by atoms with Crippen LogP contribution in [0.2, 0.25) is 0 Å². The minimum absolute atomic E-state index is 0. The third-order valence-corrected chi connectivity index (χ3v) is 4.05. The fourth-order valence-corrected chi connectivity index (χ4v) is 2.56. The van der Waals surface area contributed by atoms with Crippen molar-refractivity contribution in [3.8, 4) is 5.75 Å². The van der Waals surface area contributed by atoms with Gasteiger partial charge in [-0.3, -0.25) is 0 Å². The molecule has 0 aliphatic rings. The van der Waals surface area contributed by atoms with Crippen LogP contribution in [-0.4, -0.2) is 42.4 Å². The fraction of sp³-hybridized carbons (Fsp3) is 0.647. The third kappa shape index (κ3) is 8.99. The van der Waals surface area contributed by atoms with Gasteiger partial charge in [-0.1, -0.05) is 38.8 Å². The molecule has 0 radical (unpaired) electrons. The number of halogens is 2. The number of ether oxygens (including phenoxy) is 1. The molecule has 3 nitrogen and oxygen atoms in total. The normalized spacial score (nSPS) is 12.0. The van der Waals surface area contributed by atoms with E-state index in [0.29, 0.717) is 13.2 Å². The monoisotopic (exact) mass is 393 g/mol. The fourth-order valence-electron chi connectivity index (χ4n) is 2.16. The first-order valence-corrected chi connectivity index (χ1v) is 8.74. The Kier molecular flexibility index (Phi) is 13.0. The van der Waals surface area contributed by atoms with E-state index in [1.807, 2.05) is 24.3 Å². The van der Waals surface area contributed by atoms with Gasteiger partial charge in [0.15, 0.2) is 0 Å². The highest BCUT2D eigenvalue weighted by molar-refractivity contribution is 9.10. The van der Waals surface area contributed by atoms with E-state index >= 15 is 0 Å². The summed E-state index contributed by atoms with van der Waals surface area (Å²) in [7, 11) is 0. The Balaban J connectivity index is 0.00000441. The van der Waals surface area contributed by atoms with Crippen LogP contribution in [0, 0.1) is 0 Å². The largest absolute Gasteiger partial charge is 0.490 e. The predicted molar refractivity (Wildman–Crippen MR) is 99.1 cm³/mol. The molecule has 0 aliphatic carbocycles. The highest BCUT2D eigenvalue weighted by atomic mass is 79.9. The van der Waals surface area contributed by atoms with Crippen molar-refractivity contribution in [1.82, 2.24) is 4.90 Å². The van der Waals surface area contributed by atoms with Gasteiger partial charge >= 0.3 is 0 Å². The smallest absolute Gasteiger partial charge is 0.133 e. The zero-order valence-electron chi connectivity index (χ0n) is 13.6. The second kappa shape index (κ2) is 13.2. The standard InChI is InChI=1S/C17H28BrNO2.ClH/c1-3-5-11-19(12-6-4-2)13-15(20)14-21-17-10-8-7-9-16(17)18;/h7-10,15,20H,3-6,11-14H2,1-2H3;1H. The molecule has 1 unspecified atom stereocenters. The van der Waals surface area contributed by atoms with E-state index in [0.717, 1.165) is 23.3 Å². The van der Waals surface area contributed by atoms with E-state index in [1.165, 1.54) is 25.7 Å². The van der Waals surface area contributed by atoms with E-state index < -0.39 is 6.10 Å². The van der Waals surface area contributed by atoms with Crippen LogP contribution in [0.4, 0.5) is 0 Å². The molecule has 0 amide bonds. The van der Waals surface area contributed by atoms with Crippen LogP contribution in [0.25, 0.3) is 0 Å². The van der Waals surface area contributed by atoms with Gasteiger partial charge in [0.1, 0.15) is 18.5 Å². The molecule has 1 atom stereocenters. The number of hydrogen-bond acceptors (Lipinski definition) is 3. The lowest BCUT2D eigenvalue weighted by Crippen LogP contribution is -2.37. The highest BCUT2D eigenvalue weighted by Gasteiger charge is 2.12. The molecule has 0 heterocycles. The zero-order valence-corrected chi connectivity index (χ0v) is 16.0. The Morgan fingerprint density at radius 1 is 1.14 bits per heavy atom. The minimum atomic E-state index is -0.453. The second-order valence-corrected chi connectivity index (χ2v) is 6.26. The first-order chi connectivity index (χ1) is 10.2. The predicted octanol–water partition coefficient (Wildman–Crippen LogP) is 4.51. The van der Waals surface area contributed by atoms with Crippen LogP contribution in [0.1, 0.15) is 39.5 Å². The molecule has 0 saturated heterocycles. The Hall–Kier alpha value is -0.290. The van der Waals surface area contributed by atoms with Crippen molar-refractivity contribution in [2.45, 2.75) is 45.6 Å². The molecule has 0 aliphatic heterocycles. The van der Waals surface area contributed by atoms with Crippen molar-refractivity contribution in [1.29, 1.82) is 0 Å². The summed E-state index contributed by atoms with van der Waals surface area (Å²) in [6.07, 6.45) is 4.28. The molecule has 22 heavy (non-hydrogen) atoms. The molecule has 1 aromatic rings. The molecule has 1 N–H and O–H groups in total. The lowest BCUT2D eigenvalue weighted by molar-refractivity contribution is 0.0669. The summed E-state index contributed by atoms with van der Waals surface area (Å²) in [5, 5.41) is 10.2. The molecule has 0 bridgehead atoms. The van der Waals surface area contributed by atoms with Gasteiger partial charge in [0, 0.05) is 6.54 Å². The van der Waals surface area contributed by atoms with Gasteiger partial charge in [0.2, 0.25) is 0 Å². The van der Waals surface area contributed by atoms with Gasteiger partial charge < -0.3 is 14.7 Å². The number of unbranched alkanes of at least 4 members (excludes halogenated alkanes) is 2. The molecule has 0 spiro atoms. The van der Waals surface area contributed by atoms with E-state index in [9.17, 15) is 5.11 Å². The summed E-state index contributed by atoms with van der Waals surface area (Å²) in [5.41, 5.74) is 0. The number of aliphatic hydroxyl groups is 1. The van der Waals surface area contributed by atoms with Crippen molar-refractivity contribution in [3.63, 3.8) is 0 Å². The average Bonchev–Trinajstić information content (AvgIpc) is 2.49. The quantitative estimate of drug-likeness (QED) is 0.599. The number of hydrogen-bond donors (Lipinski definition) is 1. The van der Waals surface area contributed by atoms with Gasteiger partial charge in [-0.05, 0) is 54.0 Å². The summed E-state index contributed by atoms with van der Waals surface area (Å²) in [6, 6.07) is 7.73. The molecule has 1 aromatic carbocycles. The number of rotatable bonds is 11.